The Morgan fingerprint density at radius 2 is 1.82 bits per heavy atom. The molecule has 0 bridgehead atoms. The molecular formula is C29H21Cl2FN4O3. The number of para-hydroxylation sites is 1. The van der Waals surface area contributed by atoms with E-state index in [1.807, 2.05) is 37.4 Å². The third-order valence-corrected chi connectivity index (χ3v) is 8.77. The summed E-state index contributed by atoms with van der Waals surface area (Å²) in [4.78, 5) is 46.3. The summed E-state index contributed by atoms with van der Waals surface area (Å²) in [6, 6.07) is 14.4. The fraction of sp³-hybridized carbons (Fsp3) is 0.207. The van der Waals surface area contributed by atoms with Gasteiger partial charge < -0.3 is 10.3 Å². The lowest BCUT2D eigenvalue weighted by Crippen LogP contribution is -2.53. The average molecular weight is 563 g/mol. The van der Waals surface area contributed by atoms with Crippen molar-refractivity contribution in [2.45, 2.75) is 24.9 Å². The van der Waals surface area contributed by atoms with Gasteiger partial charge in [0.15, 0.2) is 0 Å². The van der Waals surface area contributed by atoms with Crippen LogP contribution in [0.4, 0.5) is 15.8 Å². The van der Waals surface area contributed by atoms with Crippen molar-refractivity contribution in [2.24, 2.45) is 11.8 Å². The highest BCUT2D eigenvalue weighted by molar-refractivity contribution is 6.32. The first kappa shape index (κ1) is 24.3. The van der Waals surface area contributed by atoms with Crippen molar-refractivity contribution in [1.82, 2.24) is 10.3 Å². The van der Waals surface area contributed by atoms with Crippen LogP contribution < -0.4 is 15.5 Å². The molecule has 3 aliphatic rings. The highest BCUT2D eigenvalue weighted by Crippen LogP contribution is 2.55. The Morgan fingerprint density at radius 3 is 2.62 bits per heavy atom. The molecule has 3 amide bonds. The number of benzene rings is 3. The van der Waals surface area contributed by atoms with E-state index in [9.17, 15) is 18.8 Å². The van der Waals surface area contributed by atoms with E-state index in [1.54, 1.807) is 12.1 Å². The maximum Gasteiger partial charge on any atom is 0.250 e. The smallest absolute Gasteiger partial charge is 0.250 e. The van der Waals surface area contributed by atoms with Crippen molar-refractivity contribution in [1.29, 1.82) is 0 Å². The number of hydrogen-bond donors (Lipinski definition) is 3. The van der Waals surface area contributed by atoms with Gasteiger partial charge in [0.1, 0.15) is 11.4 Å². The largest absolute Gasteiger partial charge is 0.361 e. The van der Waals surface area contributed by atoms with Crippen LogP contribution in [0.2, 0.25) is 10.0 Å². The third kappa shape index (κ3) is 3.28. The van der Waals surface area contributed by atoms with Crippen molar-refractivity contribution in [3.05, 3.63) is 93.3 Å². The second-order valence-electron chi connectivity index (χ2n) is 10.3. The molecule has 0 saturated carbocycles. The molecule has 39 heavy (non-hydrogen) atoms. The lowest BCUT2D eigenvalue weighted by atomic mass is 9.76. The van der Waals surface area contributed by atoms with Crippen LogP contribution in [0.5, 0.6) is 0 Å². The summed E-state index contributed by atoms with van der Waals surface area (Å²) in [6.07, 6.45) is 2.26. The minimum Gasteiger partial charge on any atom is -0.361 e. The van der Waals surface area contributed by atoms with Crippen molar-refractivity contribution in [2.75, 3.05) is 10.2 Å². The SMILES string of the molecule is Cc1cc(Cl)cc2c1NC(=O)[C@@]21N[C@@H](Cc2c[nH]c3ccccc23)[C@H]2C(=O)N(c3ccc(F)c(Cl)c3)C(=O)[C@@H]21. The van der Waals surface area contributed by atoms with E-state index in [2.05, 4.69) is 15.6 Å². The summed E-state index contributed by atoms with van der Waals surface area (Å²) in [5.74, 6) is -4.03. The van der Waals surface area contributed by atoms with Crippen molar-refractivity contribution < 1.29 is 18.8 Å². The number of fused-ring (bicyclic) bond motifs is 5. The van der Waals surface area contributed by atoms with Gasteiger partial charge in [-0.3, -0.25) is 19.7 Å². The molecule has 3 N–H and O–H groups in total. The molecule has 1 aromatic heterocycles. The Bertz CT molecular complexity index is 1750. The lowest BCUT2D eigenvalue weighted by Gasteiger charge is -2.29. The zero-order chi connectivity index (χ0) is 27.2. The van der Waals surface area contributed by atoms with Crippen LogP contribution in [0.3, 0.4) is 0 Å². The van der Waals surface area contributed by atoms with Gasteiger partial charge in [0.25, 0.3) is 0 Å². The van der Waals surface area contributed by atoms with E-state index < -0.39 is 47.0 Å². The van der Waals surface area contributed by atoms with Gasteiger partial charge in [-0.2, -0.15) is 0 Å². The maximum absolute atomic E-state index is 14.1. The first-order valence-corrected chi connectivity index (χ1v) is 13.2. The van der Waals surface area contributed by atoms with E-state index >= 15 is 0 Å². The third-order valence-electron chi connectivity index (χ3n) is 8.26. The number of nitrogens with zero attached hydrogens (tertiary/aromatic N) is 1. The van der Waals surface area contributed by atoms with Crippen LogP contribution in [0.15, 0.2) is 60.8 Å². The molecule has 7 nitrogen and oxygen atoms in total. The number of halogens is 3. The van der Waals surface area contributed by atoms with Crippen molar-refractivity contribution >= 4 is 63.2 Å². The number of rotatable bonds is 3. The van der Waals surface area contributed by atoms with Gasteiger partial charge in [0.05, 0.1) is 22.5 Å². The quantitative estimate of drug-likeness (QED) is 0.303. The Balaban J connectivity index is 1.40. The van der Waals surface area contributed by atoms with Gasteiger partial charge >= 0.3 is 0 Å². The minimum absolute atomic E-state index is 0.160. The summed E-state index contributed by atoms with van der Waals surface area (Å²) in [7, 11) is 0. The second kappa shape index (κ2) is 8.39. The van der Waals surface area contributed by atoms with Crippen LogP contribution in [-0.4, -0.2) is 28.7 Å². The molecule has 1 spiro atoms. The molecule has 0 aliphatic carbocycles. The summed E-state index contributed by atoms with van der Waals surface area (Å²) in [5.41, 5.74) is 2.40. The highest BCUT2D eigenvalue weighted by atomic mass is 35.5. The van der Waals surface area contributed by atoms with E-state index in [1.165, 1.54) is 12.1 Å². The Morgan fingerprint density at radius 1 is 1.03 bits per heavy atom. The highest BCUT2D eigenvalue weighted by Gasteiger charge is 2.70. The minimum atomic E-state index is -1.52. The Labute approximate surface area is 232 Å². The number of carbonyl (C=O) groups is 3. The number of aryl methyl sites for hydroxylation is 1. The topological polar surface area (TPSA) is 94.3 Å². The van der Waals surface area contributed by atoms with Gasteiger partial charge in [-0.05, 0) is 60.9 Å². The number of aromatic amines is 1. The molecule has 0 radical (unpaired) electrons. The van der Waals surface area contributed by atoms with Gasteiger partial charge in [-0.1, -0.05) is 41.4 Å². The van der Waals surface area contributed by atoms with Crippen molar-refractivity contribution in [3.63, 3.8) is 0 Å². The van der Waals surface area contributed by atoms with Crippen molar-refractivity contribution in [3.8, 4) is 0 Å². The van der Waals surface area contributed by atoms with E-state index in [4.69, 9.17) is 23.2 Å². The molecule has 0 unspecified atom stereocenters. The predicted molar refractivity (Wildman–Crippen MR) is 146 cm³/mol. The van der Waals surface area contributed by atoms with Crippen LogP contribution in [0.1, 0.15) is 16.7 Å². The Hall–Kier alpha value is -3.72. The molecule has 4 atom stereocenters. The van der Waals surface area contributed by atoms with Gasteiger partial charge in [-0.15, -0.1) is 0 Å². The monoisotopic (exact) mass is 562 g/mol. The molecule has 2 saturated heterocycles. The predicted octanol–water partition coefficient (Wildman–Crippen LogP) is 5.09. The standard InChI is InChI=1S/C29H21Cl2FN4O3/c1-13-8-15(30)10-18-25(13)34-28(39)29(18)24-23(22(35-29)9-14-12-33-21-5-3-2-4-17(14)21)26(37)36(27(24)38)16-6-7-20(32)19(31)11-16/h2-8,10-12,22-24,33,35H,9H2,1H3,(H,34,39)/t22-,23+,24+,29+/m0/s1. The van der Waals surface area contributed by atoms with Crippen LogP contribution in [0, 0.1) is 24.6 Å². The van der Waals surface area contributed by atoms with E-state index in [0.29, 0.717) is 22.7 Å². The number of amides is 3. The number of hydrogen-bond acceptors (Lipinski definition) is 4. The molecule has 10 heteroatoms. The van der Waals surface area contributed by atoms with Gasteiger partial charge in [0.2, 0.25) is 17.7 Å². The summed E-state index contributed by atoms with van der Waals surface area (Å²) >= 11 is 12.5. The summed E-state index contributed by atoms with van der Waals surface area (Å²) in [5, 5.41) is 7.58. The normalized spacial score (nSPS) is 25.6. The van der Waals surface area contributed by atoms with Crippen LogP contribution in [0.25, 0.3) is 10.9 Å². The zero-order valence-corrected chi connectivity index (χ0v) is 22.0. The van der Waals surface area contributed by atoms with Gasteiger partial charge in [-0.25, -0.2) is 9.29 Å². The van der Waals surface area contributed by atoms with Crippen LogP contribution in [-0.2, 0) is 26.3 Å². The maximum atomic E-state index is 14.1. The molecule has 196 valence electrons. The lowest BCUT2D eigenvalue weighted by molar-refractivity contribution is -0.130. The summed E-state index contributed by atoms with van der Waals surface area (Å²) in [6.45, 7) is 1.83. The molecule has 7 rings (SSSR count). The molecule has 4 aromatic rings. The number of H-pyrrole nitrogens is 1. The number of anilines is 2. The molecular weight excluding hydrogens is 542 g/mol. The fourth-order valence-corrected chi connectivity index (χ4v) is 7.07. The fourth-order valence-electron chi connectivity index (χ4n) is 6.62. The van der Waals surface area contributed by atoms with E-state index in [-0.39, 0.29) is 10.7 Å². The molecule has 4 heterocycles. The second-order valence-corrected chi connectivity index (χ2v) is 11.2. The number of nitrogens with one attached hydrogen (secondary N) is 3. The first-order chi connectivity index (χ1) is 18.7. The Kier molecular flexibility index (Phi) is 5.23. The first-order valence-electron chi connectivity index (χ1n) is 12.5. The summed E-state index contributed by atoms with van der Waals surface area (Å²) < 4.78 is 13.9. The number of aromatic nitrogens is 1. The molecule has 2 fully saturated rings. The van der Waals surface area contributed by atoms with E-state index in [0.717, 1.165) is 33.0 Å². The molecule has 3 aliphatic heterocycles. The number of imide groups is 1. The average Bonchev–Trinajstić information content (AvgIpc) is 3.61. The number of carbonyl (C=O) groups excluding carboxylic acids is 3. The van der Waals surface area contributed by atoms with Gasteiger partial charge in [0, 0.05) is 39.4 Å². The molecule has 3 aromatic carbocycles. The zero-order valence-electron chi connectivity index (χ0n) is 20.5. The van der Waals surface area contributed by atoms with Crippen LogP contribution >= 0.6 is 23.2 Å².